The molecule has 0 fully saturated rings. The van der Waals surface area contributed by atoms with Crippen LogP contribution in [0.15, 0.2) is 29.0 Å². The van der Waals surface area contributed by atoms with Gasteiger partial charge in [0.15, 0.2) is 5.78 Å². The van der Waals surface area contributed by atoms with E-state index >= 15 is 0 Å². The highest BCUT2D eigenvalue weighted by molar-refractivity contribution is 9.10. The number of aromatic nitrogens is 3. The SMILES string of the molecule is Cc1nn(C)cc1C(=O)Cc1ccc(Br)cn1. The van der Waals surface area contributed by atoms with Crippen molar-refractivity contribution in [3.8, 4) is 0 Å². The van der Waals surface area contributed by atoms with Gasteiger partial charge in [-0.3, -0.25) is 14.5 Å². The van der Waals surface area contributed by atoms with Crippen molar-refractivity contribution in [1.82, 2.24) is 14.8 Å². The van der Waals surface area contributed by atoms with Crippen LogP contribution in [0.2, 0.25) is 0 Å². The van der Waals surface area contributed by atoms with E-state index in [2.05, 4.69) is 26.0 Å². The van der Waals surface area contributed by atoms with Crippen LogP contribution >= 0.6 is 15.9 Å². The van der Waals surface area contributed by atoms with Crippen molar-refractivity contribution in [2.24, 2.45) is 7.05 Å². The topological polar surface area (TPSA) is 47.8 Å². The van der Waals surface area contributed by atoms with E-state index in [0.29, 0.717) is 12.0 Å². The van der Waals surface area contributed by atoms with E-state index in [9.17, 15) is 4.79 Å². The molecule has 2 heterocycles. The van der Waals surface area contributed by atoms with Gasteiger partial charge >= 0.3 is 0 Å². The number of Topliss-reactive ketones (excluding diaryl/α,β-unsaturated/α-hetero) is 1. The first-order chi connectivity index (χ1) is 8.06. The lowest BCUT2D eigenvalue weighted by Crippen LogP contribution is -2.05. The minimum Gasteiger partial charge on any atom is -0.294 e. The van der Waals surface area contributed by atoms with Crippen molar-refractivity contribution >= 4 is 21.7 Å². The van der Waals surface area contributed by atoms with E-state index in [-0.39, 0.29) is 5.78 Å². The molecule has 88 valence electrons. The fraction of sp³-hybridized carbons (Fsp3) is 0.250. The number of carbonyl (C=O) groups excluding carboxylic acids is 1. The van der Waals surface area contributed by atoms with E-state index in [0.717, 1.165) is 15.9 Å². The second-order valence-corrected chi connectivity index (χ2v) is 4.79. The first-order valence-corrected chi connectivity index (χ1v) is 5.99. The summed E-state index contributed by atoms with van der Waals surface area (Å²) in [6.45, 7) is 1.84. The lowest BCUT2D eigenvalue weighted by atomic mass is 10.1. The molecular formula is C12H12BrN3O. The number of rotatable bonds is 3. The quantitative estimate of drug-likeness (QED) is 0.816. The maximum atomic E-state index is 12.0. The summed E-state index contributed by atoms with van der Waals surface area (Å²) in [6, 6.07) is 3.72. The molecule has 0 unspecified atom stereocenters. The van der Waals surface area contributed by atoms with Crippen molar-refractivity contribution < 1.29 is 4.79 Å². The maximum absolute atomic E-state index is 12.0. The lowest BCUT2D eigenvalue weighted by molar-refractivity contribution is 0.0991. The Labute approximate surface area is 108 Å². The summed E-state index contributed by atoms with van der Waals surface area (Å²) in [6.07, 6.45) is 3.75. The Morgan fingerprint density at radius 3 is 2.76 bits per heavy atom. The van der Waals surface area contributed by atoms with Crippen molar-refractivity contribution in [1.29, 1.82) is 0 Å². The monoisotopic (exact) mass is 293 g/mol. The third kappa shape index (κ3) is 2.79. The van der Waals surface area contributed by atoms with Crippen molar-refractivity contribution in [2.45, 2.75) is 13.3 Å². The van der Waals surface area contributed by atoms with Gasteiger partial charge in [0.05, 0.1) is 17.7 Å². The average molecular weight is 294 g/mol. The van der Waals surface area contributed by atoms with Gasteiger partial charge in [-0.2, -0.15) is 5.10 Å². The fourth-order valence-electron chi connectivity index (χ4n) is 1.64. The Hall–Kier alpha value is -1.49. The summed E-state index contributed by atoms with van der Waals surface area (Å²) < 4.78 is 2.56. The number of hydrogen-bond acceptors (Lipinski definition) is 3. The Morgan fingerprint density at radius 2 is 2.24 bits per heavy atom. The van der Waals surface area contributed by atoms with Gasteiger partial charge in [-0.15, -0.1) is 0 Å². The molecule has 0 N–H and O–H groups in total. The number of nitrogens with zero attached hydrogens (tertiary/aromatic N) is 3. The predicted octanol–water partition coefficient (Wildman–Crippen LogP) is 2.31. The van der Waals surface area contributed by atoms with Crippen LogP contribution in [-0.4, -0.2) is 20.5 Å². The Balaban J connectivity index is 2.17. The van der Waals surface area contributed by atoms with E-state index < -0.39 is 0 Å². The number of hydrogen-bond donors (Lipinski definition) is 0. The second-order valence-electron chi connectivity index (χ2n) is 3.87. The molecule has 4 nitrogen and oxygen atoms in total. The largest absolute Gasteiger partial charge is 0.294 e. The predicted molar refractivity (Wildman–Crippen MR) is 67.9 cm³/mol. The minimum atomic E-state index is 0.0467. The molecule has 0 aliphatic heterocycles. The smallest absolute Gasteiger partial charge is 0.172 e. The molecule has 0 aliphatic carbocycles. The Kier molecular flexibility index (Phi) is 3.38. The van der Waals surface area contributed by atoms with Gasteiger partial charge in [0.25, 0.3) is 0 Å². The standard InChI is InChI=1S/C12H12BrN3O/c1-8-11(7-16(2)15-8)12(17)5-10-4-3-9(13)6-14-10/h3-4,6-7H,5H2,1-2H3. The minimum absolute atomic E-state index is 0.0467. The van der Waals surface area contributed by atoms with E-state index in [1.165, 1.54) is 0 Å². The highest BCUT2D eigenvalue weighted by Gasteiger charge is 2.13. The fourth-order valence-corrected chi connectivity index (χ4v) is 1.88. The first kappa shape index (κ1) is 12.0. The summed E-state index contributed by atoms with van der Waals surface area (Å²) in [7, 11) is 1.81. The number of pyridine rings is 1. The molecule has 2 aromatic rings. The van der Waals surface area contributed by atoms with E-state index in [1.54, 1.807) is 17.1 Å². The summed E-state index contributed by atoms with van der Waals surface area (Å²) in [5.41, 5.74) is 2.19. The summed E-state index contributed by atoms with van der Waals surface area (Å²) in [5, 5.41) is 4.16. The van der Waals surface area contributed by atoms with Gasteiger partial charge in [0.1, 0.15) is 0 Å². The Morgan fingerprint density at radius 1 is 1.47 bits per heavy atom. The molecular weight excluding hydrogens is 282 g/mol. The van der Waals surface area contributed by atoms with Gasteiger partial charge in [-0.1, -0.05) is 0 Å². The first-order valence-electron chi connectivity index (χ1n) is 5.20. The zero-order valence-corrected chi connectivity index (χ0v) is 11.2. The van der Waals surface area contributed by atoms with E-state index in [4.69, 9.17) is 0 Å². The van der Waals surface area contributed by atoms with Crippen LogP contribution in [0.5, 0.6) is 0 Å². The number of halogens is 1. The second kappa shape index (κ2) is 4.79. The third-order valence-electron chi connectivity index (χ3n) is 2.44. The van der Waals surface area contributed by atoms with Gasteiger partial charge in [0.2, 0.25) is 0 Å². The Bertz CT molecular complexity index is 545. The van der Waals surface area contributed by atoms with E-state index in [1.807, 2.05) is 26.1 Å². The molecule has 2 rings (SSSR count). The van der Waals surface area contributed by atoms with Crippen LogP contribution in [0.3, 0.4) is 0 Å². The molecule has 0 aliphatic rings. The van der Waals surface area contributed by atoms with Crippen LogP contribution < -0.4 is 0 Å². The van der Waals surface area contributed by atoms with Crippen molar-refractivity contribution in [2.75, 3.05) is 0 Å². The molecule has 0 aromatic carbocycles. The highest BCUT2D eigenvalue weighted by atomic mass is 79.9. The van der Waals surface area contributed by atoms with Crippen LogP contribution in [-0.2, 0) is 13.5 Å². The van der Waals surface area contributed by atoms with Crippen LogP contribution in [0, 0.1) is 6.92 Å². The molecule has 0 amide bonds. The number of aryl methyl sites for hydroxylation is 2. The summed E-state index contributed by atoms with van der Waals surface area (Å²) >= 11 is 3.31. The van der Waals surface area contributed by atoms with Gasteiger partial charge < -0.3 is 0 Å². The molecule has 2 aromatic heterocycles. The van der Waals surface area contributed by atoms with Gasteiger partial charge in [-0.05, 0) is 35.0 Å². The molecule has 0 saturated heterocycles. The van der Waals surface area contributed by atoms with Crippen molar-refractivity contribution in [3.05, 3.63) is 46.0 Å². The molecule has 17 heavy (non-hydrogen) atoms. The van der Waals surface area contributed by atoms with Crippen molar-refractivity contribution in [3.63, 3.8) is 0 Å². The molecule has 5 heteroatoms. The normalized spacial score (nSPS) is 10.5. The lowest BCUT2D eigenvalue weighted by Gasteiger charge is -1.99. The zero-order chi connectivity index (χ0) is 12.4. The van der Waals surface area contributed by atoms with Crippen LogP contribution in [0.25, 0.3) is 0 Å². The van der Waals surface area contributed by atoms with Gasteiger partial charge in [-0.25, -0.2) is 0 Å². The highest BCUT2D eigenvalue weighted by Crippen LogP contribution is 2.11. The molecule has 0 saturated carbocycles. The zero-order valence-electron chi connectivity index (χ0n) is 9.64. The molecule has 0 atom stereocenters. The van der Waals surface area contributed by atoms with Crippen LogP contribution in [0.4, 0.5) is 0 Å². The van der Waals surface area contributed by atoms with Gasteiger partial charge in [0, 0.05) is 29.6 Å². The molecule has 0 bridgehead atoms. The van der Waals surface area contributed by atoms with Crippen LogP contribution in [0.1, 0.15) is 21.7 Å². The maximum Gasteiger partial charge on any atom is 0.172 e. The number of ketones is 1. The molecule has 0 spiro atoms. The average Bonchev–Trinajstić information content (AvgIpc) is 2.61. The molecule has 0 radical (unpaired) electrons. The summed E-state index contributed by atoms with van der Waals surface area (Å²) in [4.78, 5) is 16.2. The summed E-state index contributed by atoms with van der Waals surface area (Å²) in [5.74, 6) is 0.0467. The number of carbonyl (C=O) groups is 1. The third-order valence-corrected chi connectivity index (χ3v) is 2.91.